The summed E-state index contributed by atoms with van der Waals surface area (Å²) < 4.78 is 36.6. The van der Waals surface area contributed by atoms with Crippen LogP contribution >= 0.6 is 45.3 Å². The average molecular weight is 1550 g/mol. The van der Waals surface area contributed by atoms with Crippen LogP contribution in [0.15, 0.2) is 54.7 Å². The van der Waals surface area contributed by atoms with Gasteiger partial charge < -0.3 is 30.4 Å². The SMILES string of the molecule is CC1(C)CCC(C)(C)c2sc(N)nc21.CCN(c1ncc(C(=O)O)cn1)c1nc2c(s1)C(C)(C)CCC2(C)C.CCOC(=O)c1cnc(N(CC)c2nc3c(s2)C(C)(C)CCC3(C)C)nc1.CCOC(=O)c1cnc(Nc2nc3c(s2)C(C)(C)CCC3(C)C)nc1.CCOC(=O)c1cnc(S(C)(=O)=O)nc1. The molecule has 0 radical (unpaired) electrons. The molecule has 4 aliphatic rings. The quantitative estimate of drug-likeness (QED) is 0.0459. The fourth-order valence-corrected chi connectivity index (χ4v) is 18.1. The zero-order valence-corrected chi connectivity index (χ0v) is 69.4. The van der Waals surface area contributed by atoms with Crippen molar-refractivity contribution in [1.82, 2.24) is 59.8 Å². The number of nitrogens with one attached hydrogen (secondary N) is 1. The van der Waals surface area contributed by atoms with E-state index in [9.17, 15) is 27.6 Å². The van der Waals surface area contributed by atoms with Gasteiger partial charge in [0.15, 0.2) is 20.5 Å². The van der Waals surface area contributed by atoms with E-state index < -0.39 is 33.7 Å². The monoisotopic (exact) mass is 1550 g/mol. The largest absolute Gasteiger partial charge is 0.478 e. The number of carbonyl (C=O) groups is 4. The Hall–Kier alpha value is -8.13. The van der Waals surface area contributed by atoms with Gasteiger partial charge in [0.2, 0.25) is 32.8 Å². The number of sulfone groups is 1. The van der Waals surface area contributed by atoms with Crippen molar-refractivity contribution in [3.8, 4) is 0 Å². The summed E-state index contributed by atoms with van der Waals surface area (Å²) >= 11 is 6.77. The number of aromatic carboxylic acids is 1. The number of anilines is 7. The molecule has 0 atom stereocenters. The fraction of sp³-hybridized carbons (Fsp3) is 0.573. The Morgan fingerprint density at radius 2 is 0.726 bits per heavy atom. The number of nitrogen functional groups attached to an aromatic ring is 1. The van der Waals surface area contributed by atoms with Crippen molar-refractivity contribution in [3.63, 3.8) is 0 Å². The number of rotatable bonds is 16. The normalized spacial score (nSPS) is 17.4. The Morgan fingerprint density at radius 3 is 1.03 bits per heavy atom. The Kier molecular flexibility index (Phi) is 25.8. The standard InChI is InChI=1S/C20H28N4O2S.2C18H24N4O2S.C11H18N2S.C8H10N2O4S/c1-7-24(17-21-11-13(12-22-17)16(25)26-8-2)18-23-14-15(27-18)20(5,6)10-9-19(14,3)4;1-6-24-14(23)11-9-19-15(20-10-11)22-16-21-12-13(25-16)18(4,5)8-7-17(12,2)3;1-6-22(15-19-9-11(10-20-15)14(23)24)16-21-12-13(25-16)18(4,5)8-7-17(12,2)3;1-10(2)5-6-11(3,4)8-7(10)13-9(12)14-8;1-3-14-7(11)6-4-9-8(10-5-6)15(2,12)13/h11-12H,7-10H2,1-6H3;9-10H,6-8H2,1-5H3,(H,19,20,21,22);9-10H,6-8H2,1-5H3,(H,23,24);5-6H2,1-4H3,(H2,12,13);4-5H,3H2,1-2H3. The van der Waals surface area contributed by atoms with Crippen molar-refractivity contribution in [2.45, 2.75) is 245 Å². The molecule has 106 heavy (non-hydrogen) atoms. The lowest BCUT2D eigenvalue weighted by Crippen LogP contribution is -2.32. The zero-order valence-electron chi connectivity index (χ0n) is 65.3. The molecule has 12 rings (SSSR count). The van der Waals surface area contributed by atoms with E-state index in [1.165, 1.54) is 92.3 Å². The van der Waals surface area contributed by atoms with Crippen LogP contribution in [0.4, 0.5) is 38.4 Å². The zero-order chi connectivity index (χ0) is 78.5. The smallest absolute Gasteiger partial charge is 0.341 e. The van der Waals surface area contributed by atoms with Gasteiger partial charge in [0.25, 0.3) is 0 Å². The van der Waals surface area contributed by atoms with Crippen molar-refractivity contribution in [1.29, 1.82) is 0 Å². The van der Waals surface area contributed by atoms with Gasteiger partial charge in [0.05, 0.1) is 64.9 Å². The maximum absolute atomic E-state index is 11.8. The van der Waals surface area contributed by atoms with Gasteiger partial charge in [-0.25, -0.2) is 87.4 Å². The first-order chi connectivity index (χ1) is 49.3. The molecule has 4 aliphatic carbocycles. The molecule has 574 valence electrons. The van der Waals surface area contributed by atoms with Crippen LogP contribution in [0, 0.1) is 0 Å². The molecule has 26 nitrogen and oxygen atoms in total. The van der Waals surface area contributed by atoms with E-state index in [0.717, 1.165) is 77.7 Å². The molecule has 0 unspecified atom stereocenters. The third-order valence-electron chi connectivity index (χ3n) is 19.5. The first-order valence-corrected chi connectivity index (χ1v) is 40.9. The minimum absolute atomic E-state index is 0.0625. The van der Waals surface area contributed by atoms with Crippen LogP contribution < -0.4 is 20.9 Å². The number of fused-ring (bicyclic) bond motifs is 4. The van der Waals surface area contributed by atoms with E-state index in [0.29, 0.717) is 55.3 Å². The second kappa shape index (κ2) is 32.8. The highest BCUT2D eigenvalue weighted by molar-refractivity contribution is 7.90. The maximum Gasteiger partial charge on any atom is 0.341 e. The van der Waals surface area contributed by atoms with Gasteiger partial charge in [-0.2, -0.15) is 0 Å². The molecule has 0 bridgehead atoms. The number of aromatic nitrogens is 12. The number of nitrogens with two attached hydrogens (primary N) is 1. The van der Waals surface area contributed by atoms with E-state index >= 15 is 0 Å². The molecule has 8 aromatic rings. The van der Waals surface area contributed by atoms with Crippen molar-refractivity contribution >= 4 is 117 Å². The van der Waals surface area contributed by atoms with Gasteiger partial charge in [0.1, 0.15) is 0 Å². The van der Waals surface area contributed by atoms with Crippen LogP contribution in [0.2, 0.25) is 0 Å². The number of carboxylic acid groups (broad SMARTS) is 1. The van der Waals surface area contributed by atoms with Crippen molar-refractivity contribution < 1.29 is 46.9 Å². The third-order valence-corrected chi connectivity index (χ3v) is 25.8. The van der Waals surface area contributed by atoms with Crippen LogP contribution in [-0.2, 0) is 67.4 Å². The van der Waals surface area contributed by atoms with Gasteiger partial charge in [0, 0.05) is 132 Å². The van der Waals surface area contributed by atoms with Crippen LogP contribution in [0.25, 0.3) is 0 Å². The van der Waals surface area contributed by atoms with Gasteiger partial charge in [-0.05, 0) is 86.0 Å². The molecule has 0 aromatic carbocycles. The molecule has 0 amide bonds. The number of carbonyl (C=O) groups excluding carboxylic acids is 3. The second-order valence-electron chi connectivity index (χ2n) is 31.8. The summed E-state index contributed by atoms with van der Waals surface area (Å²) in [6.07, 6.45) is 21.2. The summed E-state index contributed by atoms with van der Waals surface area (Å²) in [5.74, 6) is -0.959. The topological polar surface area (TPSA) is 350 Å². The molecule has 0 aliphatic heterocycles. The Bertz CT molecular complexity index is 4390. The molecular formula is C75H104N16O10S5. The summed E-state index contributed by atoms with van der Waals surface area (Å²) in [5.41, 5.74) is 12.6. The van der Waals surface area contributed by atoms with E-state index in [2.05, 4.69) is 173 Å². The Balaban J connectivity index is 0.000000171. The third kappa shape index (κ3) is 19.4. The van der Waals surface area contributed by atoms with Gasteiger partial charge in [-0.1, -0.05) is 111 Å². The van der Waals surface area contributed by atoms with Gasteiger partial charge >= 0.3 is 23.9 Å². The summed E-state index contributed by atoms with van der Waals surface area (Å²) in [6, 6.07) is 0. The predicted molar refractivity (Wildman–Crippen MR) is 419 cm³/mol. The first-order valence-electron chi connectivity index (χ1n) is 35.7. The molecular weight excluding hydrogens is 1450 g/mol. The van der Waals surface area contributed by atoms with Gasteiger partial charge in [-0.3, -0.25) is 9.80 Å². The molecule has 4 N–H and O–H groups in total. The number of esters is 3. The van der Waals surface area contributed by atoms with Crippen LogP contribution in [0.1, 0.15) is 280 Å². The number of hydrogen-bond donors (Lipinski definition) is 3. The minimum atomic E-state index is -3.43. The molecule has 0 spiro atoms. The summed E-state index contributed by atoms with van der Waals surface area (Å²) in [4.78, 5) is 107. The van der Waals surface area contributed by atoms with E-state index in [4.69, 9.17) is 35.3 Å². The minimum Gasteiger partial charge on any atom is -0.478 e. The Labute approximate surface area is 639 Å². The molecule has 8 aromatic heterocycles. The lowest BCUT2D eigenvalue weighted by molar-refractivity contribution is 0.0515. The van der Waals surface area contributed by atoms with Crippen molar-refractivity contribution in [2.75, 3.05) is 60.0 Å². The van der Waals surface area contributed by atoms with Crippen LogP contribution in [-0.4, -0.2) is 136 Å². The molecule has 31 heteroatoms. The number of ether oxygens (including phenoxy) is 3. The summed E-state index contributed by atoms with van der Waals surface area (Å²) in [5, 5.41) is 15.2. The average Bonchev–Trinajstić information content (AvgIpc) is 1.60. The van der Waals surface area contributed by atoms with Crippen LogP contribution in [0.5, 0.6) is 0 Å². The number of nitrogens with zero attached hydrogens (tertiary/aromatic N) is 14. The van der Waals surface area contributed by atoms with Crippen molar-refractivity contribution in [2.24, 2.45) is 0 Å². The summed E-state index contributed by atoms with van der Waals surface area (Å²) in [6.45, 7) is 47.9. The Morgan fingerprint density at radius 1 is 0.434 bits per heavy atom. The van der Waals surface area contributed by atoms with E-state index in [1.54, 1.807) is 66.1 Å². The van der Waals surface area contributed by atoms with Crippen LogP contribution in [0.3, 0.4) is 0 Å². The second-order valence-corrected chi connectivity index (χ2v) is 37.7. The number of thiazole rings is 4. The highest BCUT2D eigenvalue weighted by Gasteiger charge is 2.45. The molecule has 0 saturated carbocycles. The number of hydrogen-bond acceptors (Lipinski definition) is 29. The molecule has 8 heterocycles. The first kappa shape index (κ1) is 83.5. The fourth-order valence-electron chi connectivity index (χ4n) is 12.4. The van der Waals surface area contributed by atoms with Gasteiger partial charge in [-0.15, -0.1) is 45.3 Å². The predicted octanol–water partition coefficient (Wildman–Crippen LogP) is 16.1. The number of carboxylic acids is 1. The highest BCUT2D eigenvalue weighted by atomic mass is 32.2. The summed E-state index contributed by atoms with van der Waals surface area (Å²) in [7, 11) is -3.43. The van der Waals surface area contributed by atoms with E-state index in [1.807, 2.05) is 16.7 Å². The molecule has 0 saturated heterocycles. The lowest BCUT2D eigenvalue weighted by Gasteiger charge is -2.37. The van der Waals surface area contributed by atoms with E-state index in [-0.39, 0.29) is 66.2 Å². The molecule has 0 fully saturated rings. The highest BCUT2D eigenvalue weighted by Crippen LogP contribution is 2.53. The maximum atomic E-state index is 11.8. The van der Waals surface area contributed by atoms with Crippen molar-refractivity contribution in [3.05, 3.63) is 114 Å². The lowest BCUT2D eigenvalue weighted by atomic mass is 9.69.